The molecule has 0 radical (unpaired) electrons. The van der Waals surface area contributed by atoms with Gasteiger partial charge in [0.1, 0.15) is 0 Å². The summed E-state index contributed by atoms with van der Waals surface area (Å²) in [6.45, 7) is 0.456. The van der Waals surface area contributed by atoms with Crippen molar-refractivity contribution in [3.05, 3.63) is 150 Å². The van der Waals surface area contributed by atoms with Crippen LogP contribution in [0.15, 0.2) is 139 Å². The normalized spacial score (nSPS) is 14.6. The quantitative estimate of drug-likeness (QED) is 0.222. The van der Waals surface area contributed by atoms with E-state index in [0.717, 1.165) is 0 Å². The summed E-state index contributed by atoms with van der Waals surface area (Å²) in [6, 6.07) is 44.5. The van der Waals surface area contributed by atoms with E-state index in [9.17, 15) is 0 Å². The van der Waals surface area contributed by atoms with E-state index in [2.05, 4.69) is 152 Å². The van der Waals surface area contributed by atoms with E-state index < -0.39 is 6.89 Å². The number of fused-ring (bicyclic) bond motifs is 5. The monoisotopic (exact) mass is 490 g/mol. The third-order valence-electron chi connectivity index (χ3n) is 7.65. The number of hydrogen-bond acceptors (Lipinski definition) is 0. The van der Waals surface area contributed by atoms with Gasteiger partial charge in [-0.3, -0.25) is 0 Å². The highest BCUT2D eigenvalue weighted by atomic mass is 31.2. The van der Waals surface area contributed by atoms with Crippen LogP contribution in [0.5, 0.6) is 0 Å². The molecule has 2 aliphatic heterocycles. The van der Waals surface area contributed by atoms with E-state index in [1.165, 1.54) is 60.7 Å². The van der Waals surface area contributed by atoms with Gasteiger partial charge in [0.2, 0.25) is 0 Å². The molecule has 2 aliphatic rings. The minimum Gasteiger partial charge on any atom is -0.0616 e. The minimum atomic E-state index is -1.67. The van der Waals surface area contributed by atoms with E-state index in [4.69, 9.17) is 0 Å². The molecule has 5 aromatic carbocycles. The standard InChI is InChI=1S/C36H27P/c1-26-16-18-27(19-17-26)29-8-6-10-31(24-29)32-11-7-9-30(25-32)28-20-22-37(23-21-28)35-14-4-2-12-33(35)34-13-3-5-15-36(34)37/h2-25H,1H3. The Morgan fingerprint density at radius 1 is 0.486 bits per heavy atom. The van der Waals surface area contributed by atoms with Gasteiger partial charge >= 0.3 is 0 Å². The molecular formula is C36H27P. The molecule has 0 amide bonds. The van der Waals surface area contributed by atoms with Crippen molar-refractivity contribution >= 4 is 28.9 Å². The summed E-state index contributed by atoms with van der Waals surface area (Å²) in [5.74, 6) is 5.00. The number of benzene rings is 5. The van der Waals surface area contributed by atoms with Crippen LogP contribution in [0, 0.1) is 6.92 Å². The van der Waals surface area contributed by atoms with Crippen LogP contribution in [0.1, 0.15) is 11.1 Å². The Labute approximate surface area is 219 Å². The molecule has 176 valence electrons. The third kappa shape index (κ3) is 3.69. The molecule has 0 bridgehead atoms. The fraction of sp³-hybridized carbons (Fsp3) is 0.0278. The van der Waals surface area contributed by atoms with Crippen molar-refractivity contribution in [2.24, 2.45) is 0 Å². The van der Waals surface area contributed by atoms with Crippen molar-refractivity contribution < 1.29 is 0 Å². The molecule has 37 heavy (non-hydrogen) atoms. The largest absolute Gasteiger partial charge is 0.0616 e. The SMILES string of the molecule is Cc1ccc(-c2cccc(-c3cccc(C4=CC=P5(C=C4)c4ccccc4-c4ccccc45)c3)c2)cc1. The molecule has 0 saturated heterocycles. The first kappa shape index (κ1) is 22.1. The summed E-state index contributed by atoms with van der Waals surface area (Å²) in [5, 5.41) is 2.95. The van der Waals surface area contributed by atoms with Crippen LogP contribution in [-0.4, -0.2) is 5.80 Å². The average molecular weight is 491 g/mol. The second-order valence-electron chi connectivity index (χ2n) is 9.93. The summed E-state index contributed by atoms with van der Waals surface area (Å²) < 4.78 is 0. The van der Waals surface area contributed by atoms with Gasteiger partial charge < -0.3 is 0 Å². The zero-order valence-electron chi connectivity index (χ0n) is 20.8. The summed E-state index contributed by atoms with van der Waals surface area (Å²) in [4.78, 5) is 0. The number of allylic oxidation sites excluding steroid dienone is 3. The lowest BCUT2D eigenvalue weighted by atomic mass is 9.96. The Morgan fingerprint density at radius 3 is 1.62 bits per heavy atom. The maximum Gasteiger partial charge on any atom is -0.00870 e. The molecular weight excluding hydrogens is 463 g/mol. The van der Waals surface area contributed by atoms with Crippen LogP contribution in [0.25, 0.3) is 39.0 Å². The van der Waals surface area contributed by atoms with E-state index in [1.807, 2.05) is 0 Å². The number of hydrogen-bond donors (Lipinski definition) is 0. The molecule has 1 spiro atoms. The van der Waals surface area contributed by atoms with Gasteiger partial charge in [0.15, 0.2) is 0 Å². The lowest BCUT2D eigenvalue weighted by Crippen LogP contribution is -2.11. The van der Waals surface area contributed by atoms with Crippen LogP contribution in [0.2, 0.25) is 0 Å². The van der Waals surface area contributed by atoms with Crippen molar-refractivity contribution in [3.63, 3.8) is 0 Å². The second kappa shape index (κ2) is 8.77. The van der Waals surface area contributed by atoms with Crippen molar-refractivity contribution in [2.45, 2.75) is 6.92 Å². The minimum absolute atomic E-state index is 1.24. The van der Waals surface area contributed by atoms with Gasteiger partial charge in [-0.05, 0) is 81.1 Å². The molecule has 0 N–H and O–H groups in total. The van der Waals surface area contributed by atoms with E-state index in [0.29, 0.717) is 0 Å². The highest BCUT2D eigenvalue weighted by Gasteiger charge is 2.32. The van der Waals surface area contributed by atoms with E-state index >= 15 is 0 Å². The maximum absolute atomic E-state index is 2.50. The third-order valence-corrected chi connectivity index (χ3v) is 11.3. The zero-order valence-corrected chi connectivity index (χ0v) is 21.7. The first-order valence-electron chi connectivity index (χ1n) is 12.8. The topological polar surface area (TPSA) is 0 Å². The van der Waals surface area contributed by atoms with Gasteiger partial charge in [-0.1, -0.05) is 139 Å². The van der Waals surface area contributed by atoms with Gasteiger partial charge in [-0.15, -0.1) is 0 Å². The molecule has 0 aromatic heterocycles. The van der Waals surface area contributed by atoms with Crippen LogP contribution in [0.4, 0.5) is 0 Å². The average Bonchev–Trinajstić information content (AvgIpc) is 3.23. The Hall–Kier alpha value is -4.12. The molecule has 5 aromatic rings. The number of rotatable bonds is 3. The highest BCUT2D eigenvalue weighted by molar-refractivity contribution is 7.92. The van der Waals surface area contributed by atoms with Gasteiger partial charge in [0.25, 0.3) is 0 Å². The molecule has 0 aliphatic carbocycles. The molecule has 1 heteroatoms. The Balaban J connectivity index is 1.28. The van der Waals surface area contributed by atoms with Crippen LogP contribution in [0.3, 0.4) is 0 Å². The summed E-state index contributed by atoms with van der Waals surface area (Å²) >= 11 is 0. The van der Waals surface area contributed by atoms with Crippen LogP contribution < -0.4 is 10.6 Å². The molecule has 0 nitrogen and oxygen atoms in total. The van der Waals surface area contributed by atoms with Gasteiger partial charge in [0.05, 0.1) is 0 Å². The molecule has 0 atom stereocenters. The van der Waals surface area contributed by atoms with Crippen molar-refractivity contribution in [1.82, 2.24) is 0 Å². The summed E-state index contributed by atoms with van der Waals surface area (Å²) in [5.41, 5.74) is 11.6. The fourth-order valence-corrected chi connectivity index (χ4v) is 9.34. The van der Waals surface area contributed by atoms with Crippen molar-refractivity contribution in [1.29, 1.82) is 0 Å². The molecule has 0 saturated carbocycles. The Morgan fingerprint density at radius 2 is 1.03 bits per heavy atom. The molecule has 0 unspecified atom stereocenters. The number of aryl methyl sites for hydroxylation is 1. The summed E-state index contributed by atoms with van der Waals surface area (Å²) in [7, 11) is 0. The lowest BCUT2D eigenvalue weighted by Gasteiger charge is -2.22. The second-order valence-corrected chi connectivity index (χ2v) is 13.0. The highest BCUT2D eigenvalue weighted by Crippen LogP contribution is 2.56. The van der Waals surface area contributed by atoms with Crippen LogP contribution in [-0.2, 0) is 0 Å². The van der Waals surface area contributed by atoms with E-state index in [1.54, 1.807) is 0 Å². The Bertz CT molecular complexity index is 1730. The first-order chi connectivity index (χ1) is 18.2. The van der Waals surface area contributed by atoms with Gasteiger partial charge in [0, 0.05) is 0 Å². The predicted molar refractivity (Wildman–Crippen MR) is 163 cm³/mol. The fourth-order valence-electron chi connectivity index (χ4n) is 5.70. The molecule has 7 rings (SSSR count). The predicted octanol–water partition coefficient (Wildman–Crippen LogP) is 8.69. The van der Waals surface area contributed by atoms with Gasteiger partial charge in [-0.2, -0.15) is 0 Å². The zero-order chi connectivity index (χ0) is 24.8. The molecule has 2 heterocycles. The van der Waals surface area contributed by atoms with Gasteiger partial charge in [-0.25, -0.2) is 0 Å². The lowest BCUT2D eigenvalue weighted by molar-refractivity contribution is 1.47. The smallest absolute Gasteiger partial charge is 0.00870 e. The summed E-state index contributed by atoms with van der Waals surface area (Å²) in [6.07, 6.45) is 4.71. The van der Waals surface area contributed by atoms with Crippen molar-refractivity contribution in [2.75, 3.05) is 0 Å². The van der Waals surface area contributed by atoms with Crippen molar-refractivity contribution in [3.8, 4) is 33.4 Å². The molecule has 0 fully saturated rings. The van der Waals surface area contributed by atoms with E-state index in [-0.39, 0.29) is 0 Å². The maximum atomic E-state index is 2.50. The van der Waals surface area contributed by atoms with Crippen LogP contribution >= 0.6 is 6.89 Å². The Kier molecular flexibility index (Phi) is 5.24. The first-order valence-corrected chi connectivity index (χ1v) is 14.8.